The smallest absolute Gasteiger partial charge is 0.375 e. The van der Waals surface area contributed by atoms with E-state index in [0.29, 0.717) is 65.4 Å². The number of nitrogens with one attached hydrogen (secondary N) is 1. The fraction of sp³-hybridized carbons (Fsp3) is 0.580. The number of piperidine rings is 1. The molecule has 3 aliphatic carbocycles. The summed E-state index contributed by atoms with van der Waals surface area (Å²) in [6.07, 6.45) is 11.2. The van der Waals surface area contributed by atoms with Gasteiger partial charge in [-0.15, -0.1) is 0 Å². The van der Waals surface area contributed by atoms with Crippen molar-refractivity contribution in [3.63, 3.8) is 0 Å². The Morgan fingerprint density at radius 3 is 2.65 bits per heavy atom. The molecule has 1 saturated heterocycles. The summed E-state index contributed by atoms with van der Waals surface area (Å²) in [5.74, 6) is -1.50. The number of nitrogens with zero attached hydrogens (tertiary/aromatic N) is 1. The summed E-state index contributed by atoms with van der Waals surface area (Å²) >= 11 is 0. The van der Waals surface area contributed by atoms with E-state index in [2.05, 4.69) is 9.88 Å². The number of ketones is 1. The number of allylic oxidation sites excluding steroid dienone is 3. The molecule has 4 N–H and O–H groups in total. The maximum Gasteiger partial charge on any atom is 0.375 e. The molecule has 13 nitrogen and oxygen atoms in total. The summed E-state index contributed by atoms with van der Waals surface area (Å²) in [7, 11) is 1.73. The van der Waals surface area contributed by atoms with E-state index in [1.165, 1.54) is 0 Å². The number of hydrogen-bond acceptors (Lipinski definition) is 12. The molecular formula is C50H62N2O11. The Balaban J connectivity index is 1.20. The second-order valence-corrected chi connectivity index (χ2v) is 18.6. The third kappa shape index (κ3) is 8.02. The summed E-state index contributed by atoms with van der Waals surface area (Å²) in [6.45, 7) is 4.18. The Kier molecular flexibility index (Phi) is 12.9. The number of aromatic nitrogens is 1. The number of fused-ring (bicyclic) bond motifs is 4. The lowest BCUT2D eigenvalue weighted by Crippen LogP contribution is -2.59. The molecule has 0 bridgehead atoms. The molecule has 4 heterocycles. The first kappa shape index (κ1) is 43.7. The Bertz CT molecular complexity index is 2290. The first-order chi connectivity index (χ1) is 30.7. The number of aromatic amines is 1. The lowest BCUT2D eigenvalue weighted by Gasteiger charge is -2.51. The van der Waals surface area contributed by atoms with Crippen LogP contribution in [0.1, 0.15) is 112 Å². The Morgan fingerprint density at radius 2 is 1.89 bits per heavy atom. The van der Waals surface area contributed by atoms with Crippen LogP contribution in [0.2, 0.25) is 0 Å². The number of carbonyl (C=O) groups is 3. The van der Waals surface area contributed by atoms with E-state index in [-0.39, 0.29) is 59.9 Å². The number of Topliss-reactive ketones (excluding diaryl/α,β-unsaturated/α-hetero) is 1. The molecule has 3 saturated carbocycles. The lowest BCUT2D eigenvalue weighted by atomic mass is 9.63. The summed E-state index contributed by atoms with van der Waals surface area (Å²) in [6, 6.07) is 7.78. The zero-order valence-electron chi connectivity index (χ0n) is 36.6. The quantitative estimate of drug-likeness (QED) is 0.0837. The highest BCUT2D eigenvalue weighted by Crippen LogP contribution is 2.58. The molecule has 1 aromatic heterocycles. The van der Waals surface area contributed by atoms with Crippen LogP contribution in [0, 0.1) is 17.8 Å². The number of methoxy groups -OCH3 is 1. The van der Waals surface area contributed by atoms with E-state index in [4.69, 9.17) is 23.7 Å². The molecule has 338 valence electrons. The van der Waals surface area contributed by atoms with Crippen molar-refractivity contribution in [3.8, 4) is 17.2 Å². The zero-order chi connectivity index (χ0) is 43.8. The van der Waals surface area contributed by atoms with Crippen molar-refractivity contribution in [2.24, 2.45) is 17.8 Å². The highest BCUT2D eigenvalue weighted by Gasteiger charge is 2.55. The molecule has 9 rings (SSSR count). The van der Waals surface area contributed by atoms with Gasteiger partial charge < -0.3 is 48.9 Å². The van der Waals surface area contributed by atoms with Gasteiger partial charge in [-0.2, -0.15) is 0 Å². The number of likely N-dealkylation sites (tertiary alicyclic amines) is 1. The van der Waals surface area contributed by atoms with Crippen molar-refractivity contribution in [1.82, 2.24) is 9.88 Å². The first-order valence-electron chi connectivity index (χ1n) is 23.3. The Morgan fingerprint density at radius 1 is 1.05 bits per heavy atom. The molecule has 4 fully saturated rings. The second-order valence-electron chi connectivity index (χ2n) is 18.6. The summed E-state index contributed by atoms with van der Waals surface area (Å²) in [5, 5.41) is 36.1. The van der Waals surface area contributed by atoms with Crippen molar-refractivity contribution >= 4 is 34.5 Å². The first-order valence-corrected chi connectivity index (χ1v) is 23.3. The molecule has 2 aromatic carbocycles. The number of rotatable bonds is 13. The highest BCUT2D eigenvalue weighted by molar-refractivity contribution is 6.11. The number of benzene rings is 2. The number of esters is 1. The molecule has 0 amide bonds. The van der Waals surface area contributed by atoms with Crippen LogP contribution in [0.25, 0.3) is 16.5 Å². The van der Waals surface area contributed by atoms with Gasteiger partial charge >= 0.3 is 5.97 Å². The number of H-pyrrole nitrogens is 1. The van der Waals surface area contributed by atoms with Crippen molar-refractivity contribution in [3.05, 3.63) is 69.6 Å². The zero-order valence-corrected chi connectivity index (χ0v) is 36.6. The normalized spacial score (nSPS) is 28.8. The molecule has 6 aliphatic rings. The lowest BCUT2D eigenvalue weighted by molar-refractivity contribution is -0.151. The van der Waals surface area contributed by atoms with Crippen LogP contribution in [0.3, 0.4) is 0 Å². The van der Waals surface area contributed by atoms with E-state index in [1.807, 2.05) is 30.5 Å². The van der Waals surface area contributed by atoms with Crippen LogP contribution >= 0.6 is 0 Å². The molecule has 3 aromatic rings. The van der Waals surface area contributed by atoms with Crippen LogP contribution in [0.4, 0.5) is 0 Å². The monoisotopic (exact) mass is 866 g/mol. The predicted octanol–water partition coefficient (Wildman–Crippen LogP) is 6.48. The molecule has 63 heavy (non-hydrogen) atoms. The SMILES string of the molecule is CCOC(=O)C1=C(C=O)C(=C2CC(CO)C(=O)C(c3ccc4[nH]ccc4c3)C2)c2c(c(CO)c3c(c2OC2CCCCC2)CC(C2(O)CCCC4CN(CCCOC)CCC42)O3)O1. The minimum absolute atomic E-state index is 0.00411. The number of hydrogen-bond donors (Lipinski definition) is 4. The van der Waals surface area contributed by atoms with Gasteiger partial charge in [-0.1, -0.05) is 24.5 Å². The fourth-order valence-corrected chi connectivity index (χ4v) is 11.9. The van der Waals surface area contributed by atoms with Gasteiger partial charge in [0.15, 0.2) is 6.29 Å². The molecular weight excluding hydrogens is 805 g/mol. The van der Waals surface area contributed by atoms with Crippen LogP contribution in [-0.4, -0.2) is 108 Å². The molecule has 13 heteroatoms. The number of ether oxygens (including phenoxy) is 5. The third-order valence-corrected chi connectivity index (χ3v) is 15.0. The molecule has 3 aliphatic heterocycles. The standard InChI is InChI=1S/C50H62N2O11/c1-3-60-49(57)48-37(27-54)42(32-22-33(26-53)44(56)35(23-32)29-12-13-40-30(21-29)14-17-51-40)43-46(61-34-10-5-4-6-11-34)36-24-41(62-45(36)38(28-55)47(43)63-48)50(58)16-7-9-31-25-52(18-8-20-59-2)19-15-39(31)50/h12-14,17,21,27,31,33-35,39,41,51,53,55,58H,3-11,15-16,18-20,22-26,28H2,1-2H3. The van der Waals surface area contributed by atoms with Crippen LogP contribution in [-0.2, 0) is 36.9 Å². The predicted molar refractivity (Wildman–Crippen MR) is 234 cm³/mol. The van der Waals surface area contributed by atoms with Crippen molar-refractivity contribution in [2.75, 3.05) is 46.6 Å². The number of aliphatic hydroxyl groups excluding tert-OH is 2. The van der Waals surface area contributed by atoms with Crippen LogP contribution < -0.4 is 14.2 Å². The van der Waals surface area contributed by atoms with E-state index < -0.39 is 42.7 Å². The van der Waals surface area contributed by atoms with Gasteiger partial charge in [0.2, 0.25) is 5.76 Å². The van der Waals surface area contributed by atoms with Gasteiger partial charge in [-0.25, -0.2) is 4.79 Å². The van der Waals surface area contributed by atoms with Crippen molar-refractivity contribution in [2.45, 2.75) is 121 Å². The van der Waals surface area contributed by atoms with Gasteiger partial charge in [-0.05, 0) is 119 Å². The summed E-state index contributed by atoms with van der Waals surface area (Å²) in [4.78, 5) is 47.4. The molecule has 6 atom stereocenters. The van der Waals surface area contributed by atoms with E-state index in [0.717, 1.165) is 93.9 Å². The minimum atomic E-state index is -1.16. The Hall–Kier alpha value is -4.53. The topological polar surface area (TPSA) is 177 Å². The third-order valence-electron chi connectivity index (χ3n) is 15.0. The van der Waals surface area contributed by atoms with Gasteiger partial charge in [0.25, 0.3) is 0 Å². The molecule has 0 radical (unpaired) electrons. The maximum atomic E-state index is 14.2. The number of carbonyl (C=O) groups excluding carboxylic acids is 3. The van der Waals surface area contributed by atoms with Crippen molar-refractivity contribution < 1.29 is 53.4 Å². The van der Waals surface area contributed by atoms with Crippen molar-refractivity contribution in [1.29, 1.82) is 0 Å². The van der Waals surface area contributed by atoms with Gasteiger partial charge in [0.1, 0.15) is 34.7 Å². The van der Waals surface area contributed by atoms with E-state index in [9.17, 15) is 29.7 Å². The average molecular weight is 867 g/mol. The van der Waals surface area contributed by atoms with Gasteiger partial charge in [0.05, 0.1) is 42.6 Å². The largest absolute Gasteiger partial charge is 0.489 e. The summed E-state index contributed by atoms with van der Waals surface area (Å²) in [5.41, 5.74) is 2.96. The Labute approximate surface area is 368 Å². The van der Waals surface area contributed by atoms with Gasteiger partial charge in [0, 0.05) is 67.9 Å². The number of aliphatic hydroxyl groups is 3. The van der Waals surface area contributed by atoms with Crippen LogP contribution in [0.15, 0.2) is 47.4 Å². The van der Waals surface area contributed by atoms with E-state index in [1.54, 1.807) is 14.0 Å². The minimum Gasteiger partial charge on any atom is -0.489 e. The fourth-order valence-electron chi connectivity index (χ4n) is 11.9. The maximum absolute atomic E-state index is 14.2. The van der Waals surface area contributed by atoms with Crippen LogP contribution in [0.5, 0.6) is 17.2 Å². The van der Waals surface area contributed by atoms with E-state index >= 15 is 0 Å². The average Bonchev–Trinajstić information content (AvgIpc) is 3.97. The van der Waals surface area contributed by atoms with Gasteiger partial charge in [-0.3, -0.25) is 9.59 Å². The molecule has 0 spiro atoms. The second kappa shape index (κ2) is 18.5. The number of aldehydes is 1. The summed E-state index contributed by atoms with van der Waals surface area (Å²) < 4.78 is 31.5. The molecule has 6 unspecified atom stereocenters. The highest BCUT2D eigenvalue weighted by atomic mass is 16.6.